The van der Waals surface area contributed by atoms with Crippen LogP contribution in [-0.2, 0) is 22.7 Å². The molecule has 4 N–H and O–H groups in total. The summed E-state index contributed by atoms with van der Waals surface area (Å²) in [4.78, 5) is 12.1. The summed E-state index contributed by atoms with van der Waals surface area (Å²) >= 11 is 0. The molecule has 19 heavy (non-hydrogen) atoms. The maximum Gasteiger partial charge on any atom is 0.240 e. The van der Waals surface area contributed by atoms with Crippen molar-refractivity contribution in [1.29, 1.82) is 0 Å². The molecule has 104 valence electrons. The lowest BCUT2D eigenvalue weighted by Gasteiger charge is -2.31. The molecule has 0 saturated carbocycles. The number of carbonyl (C=O) groups is 1. The number of hydrogen-bond acceptors (Lipinski definition) is 4. The van der Waals surface area contributed by atoms with Crippen molar-refractivity contribution in [3.63, 3.8) is 0 Å². The van der Waals surface area contributed by atoms with E-state index in [9.17, 15) is 4.79 Å². The Morgan fingerprint density at radius 2 is 1.84 bits per heavy atom. The average Bonchev–Trinajstić information content (AvgIpc) is 2.46. The summed E-state index contributed by atoms with van der Waals surface area (Å²) < 4.78 is 5.22. The fourth-order valence-corrected chi connectivity index (χ4v) is 2.08. The molecule has 5 nitrogen and oxygen atoms in total. The molecule has 0 spiro atoms. The number of ether oxygens (including phenoxy) is 1. The van der Waals surface area contributed by atoms with Gasteiger partial charge in [0, 0.05) is 19.8 Å². The minimum Gasteiger partial charge on any atom is -0.392 e. The SMILES string of the molecule is NC1(C(=O)NCc2ccc(CO)cc2)CCOCC1. The van der Waals surface area contributed by atoms with Crippen LogP contribution in [0.15, 0.2) is 24.3 Å². The molecular formula is C14H20N2O3. The third-order valence-electron chi connectivity index (χ3n) is 3.50. The van der Waals surface area contributed by atoms with Crippen molar-refractivity contribution >= 4 is 5.91 Å². The van der Waals surface area contributed by atoms with Crippen molar-refractivity contribution in [2.24, 2.45) is 5.73 Å². The van der Waals surface area contributed by atoms with Crippen molar-refractivity contribution < 1.29 is 14.6 Å². The molecule has 2 rings (SSSR count). The van der Waals surface area contributed by atoms with Gasteiger partial charge in [0.1, 0.15) is 0 Å². The predicted octanol–water partition coefficient (Wildman–Crippen LogP) is 0.303. The van der Waals surface area contributed by atoms with Crippen LogP contribution in [0, 0.1) is 0 Å². The number of hydrogen-bond donors (Lipinski definition) is 3. The van der Waals surface area contributed by atoms with Gasteiger partial charge in [0.15, 0.2) is 0 Å². The largest absolute Gasteiger partial charge is 0.392 e. The topological polar surface area (TPSA) is 84.6 Å². The summed E-state index contributed by atoms with van der Waals surface area (Å²) in [5.74, 6) is -0.123. The summed E-state index contributed by atoms with van der Waals surface area (Å²) in [6.07, 6.45) is 1.12. The second kappa shape index (κ2) is 6.14. The van der Waals surface area contributed by atoms with E-state index in [-0.39, 0.29) is 12.5 Å². The molecule has 0 radical (unpaired) electrons. The van der Waals surface area contributed by atoms with Crippen LogP contribution in [0.5, 0.6) is 0 Å². The molecule has 0 aromatic heterocycles. The number of benzene rings is 1. The third-order valence-corrected chi connectivity index (χ3v) is 3.50. The van der Waals surface area contributed by atoms with E-state index in [1.807, 2.05) is 24.3 Å². The summed E-state index contributed by atoms with van der Waals surface area (Å²) in [6, 6.07) is 7.46. The van der Waals surface area contributed by atoms with Crippen molar-refractivity contribution in [2.75, 3.05) is 13.2 Å². The first kappa shape index (κ1) is 14.0. The second-order valence-corrected chi connectivity index (χ2v) is 4.93. The van der Waals surface area contributed by atoms with Gasteiger partial charge >= 0.3 is 0 Å². The molecule has 0 aliphatic carbocycles. The van der Waals surface area contributed by atoms with Gasteiger partial charge < -0.3 is 20.9 Å². The maximum atomic E-state index is 12.1. The highest BCUT2D eigenvalue weighted by atomic mass is 16.5. The zero-order chi connectivity index (χ0) is 13.7. The van der Waals surface area contributed by atoms with E-state index in [1.165, 1.54) is 0 Å². The highest BCUT2D eigenvalue weighted by Crippen LogP contribution is 2.17. The molecule has 1 amide bonds. The number of carbonyl (C=O) groups excluding carboxylic acids is 1. The minimum atomic E-state index is -0.802. The molecule has 1 aromatic carbocycles. The highest BCUT2D eigenvalue weighted by molar-refractivity contribution is 5.86. The molecule has 1 fully saturated rings. The second-order valence-electron chi connectivity index (χ2n) is 4.93. The maximum absolute atomic E-state index is 12.1. The highest BCUT2D eigenvalue weighted by Gasteiger charge is 2.35. The first-order valence-electron chi connectivity index (χ1n) is 6.48. The first-order chi connectivity index (χ1) is 9.14. The fraction of sp³-hybridized carbons (Fsp3) is 0.500. The van der Waals surface area contributed by atoms with E-state index in [4.69, 9.17) is 15.6 Å². The molecule has 1 aromatic rings. The zero-order valence-corrected chi connectivity index (χ0v) is 10.9. The average molecular weight is 264 g/mol. The normalized spacial score (nSPS) is 18.0. The molecule has 0 atom stereocenters. The van der Waals surface area contributed by atoms with Gasteiger partial charge in [-0.15, -0.1) is 0 Å². The molecule has 1 saturated heterocycles. The van der Waals surface area contributed by atoms with Gasteiger partial charge in [0.2, 0.25) is 5.91 Å². The van der Waals surface area contributed by atoms with Gasteiger partial charge in [-0.1, -0.05) is 24.3 Å². The van der Waals surface area contributed by atoms with E-state index in [1.54, 1.807) is 0 Å². The molecule has 0 unspecified atom stereocenters. The summed E-state index contributed by atoms with van der Waals surface area (Å²) in [5, 5.41) is 11.8. The van der Waals surface area contributed by atoms with Crippen LogP contribution in [0.25, 0.3) is 0 Å². The quantitative estimate of drug-likeness (QED) is 0.730. The van der Waals surface area contributed by atoms with Gasteiger partial charge in [-0.2, -0.15) is 0 Å². The van der Waals surface area contributed by atoms with Crippen molar-refractivity contribution in [2.45, 2.75) is 31.5 Å². The Kier molecular flexibility index (Phi) is 4.52. The lowest BCUT2D eigenvalue weighted by Crippen LogP contribution is -2.56. The number of nitrogens with one attached hydrogen (secondary N) is 1. The van der Waals surface area contributed by atoms with E-state index < -0.39 is 5.54 Å². The molecular weight excluding hydrogens is 244 g/mol. The van der Waals surface area contributed by atoms with Gasteiger partial charge in [0.25, 0.3) is 0 Å². The van der Waals surface area contributed by atoms with Crippen LogP contribution in [0.3, 0.4) is 0 Å². The smallest absolute Gasteiger partial charge is 0.240 e. The Balaban J connectivity index is 1.88. The molecule has 5 heteroatoms. The van der Waals surface area contributed by atoms with Crippen LogP contribution >= 0.6 is 0 Å². The van der Waals surface area contributed by atoms with Crippen molar-refractivity contribution in [3.05, 3.63) is 35.4 Å². The standard InChI is InChI=1S/C14H20N2O3/c15-14(5-7-19-8-6-14)13(18)16-9-11-1-3-12(10-17)4-2-11/h1-4,17H,5-10,15H2,(H,16,18). The van der Waals surface area contributed by atoms with Crippen LogP contribution in [0.4, 0.5) is 0 Å². The Morgan fingerprint density at radius 3 is 2.42 bits per heavy atom. The minimum absolute atomic E-state index is 0.0263. The predicted molar refractivity (Wildman–Crippen MR) is 71.2 cm³/mol. The number of aliphatic hydroxyl groups excluding tert-OH is 1. The Morgan fingerprint density at radius 1 is 1.26 bits per heavy atom. The van der Waals surface area contributed by atoms with E-state index in [0.717, 1.165) is 11.1 Å². The Hall–Kier alpha value is -1.43. The zero-order valence-electron chi connectivity index (χ0n) is 10.9. The lowest BCUT2D eigenvalue weighted by molar-refractivity contribution is -0.129. The lowest BCUT2D eigenvalue weighted by atomic mass is 9.90. The fourth-order valence-electron chi connectivity index (χ4n) is 2.08. The van der Waals surface area contributed by atoms with E-state index in [2.05, 4.69) is 5.32 Å². The van der Waals surface area contributed by atoms with E-state index in [0.29, 0.717) is 32.6 Å². The molecule has 1 heterocycles. The van der Waals surface area contributed by atoms with Gasteiger partial charge in [0.05, 0.1) is 12.1 Å². The van der Waals surface area contributed by atoms with Gasteiger partial charge in [-0.25, -0.2) is 0 Å². The van der Waals surface area contributed by atoms with Gasteiger partial charge in [-0.3, -0.25) is 4.79 Å². The summed E-state index contributed by atoms with van der Waals surface area (Å²) in [5.41, 5.74) is 7.13. The monoisotopic (exact) mass is 264 g/mol. The molecule has 1 aliphatic rings. The summed E-state index contributed by atoms with van der Waals surface area (Å²) in [6.45, 7) is 1.55. The van der Waals surface area contributed by atoms with E-state index >= 15 is 0 Å². The number of rotatable bonds is 4. The van der Waals surface area contributed by atoms with Crippen LogP contribution in [-0.4, -0.2) is 29.8 Å². The molecule has 1 aliphatic heterocycles. The van der Waals surface area contributed by atoms with Crippen LogP contribution < -0.4 is 11.1 Å². The Bertz CT molecular complexity index is 425. The number of nitrogens with two attached hydrogens (primary N) is 1. The van der Waals surface area contributed by atoms with Crippen molar-refractivity contribution in [1.82, 2.24) is 5.32 Å². The third kappa shape index (κ3) is 3.53. The summed E-state index contributed by atoms with van der Waals surface area (Å²) in [7, 11) is 0. The Labute approximate surface area is 112 Å². The van der Waals surface area contributed by atoms with Gasteiger partial charge in [-0.05, 0) is 24.0 Å². The number of amides is 1. The first-order valence-corrected chi connectivity index (χ1v) is 6.48. The van der Waals surface area contributed by atoms with Crippen LogP contribution in [0.1, 0.15) is 24.0 Å². The number of aliphatic hydroxyl groups is 1. The van der Waals surface area contributed by atoms with Crippen molar-refractivity contribution in [3.8, 4) is 0 Å². The molecule has 0 bridgehead atoms. The van der Waals surface area contributed by atoms with Crippen LogP contribution in [0.2, 0.25) is 0 Å².